The molecule has 0 spiro atoms. The van der Waals surface area contributed by atoms with Gasteiger partial charge in [-0.05, 0) is 12.8 Å². The molecule has 0 heterocycles. The van der Waals surface area contributed by atoms with E-state index in [0.29, 0.717) is 0 Å². The van der Waals surface area contributed by atoms with Crippen molar-refractivity contribution in [1.29, 1.82) is 0 Å². The standard InChI is InChI=1S/C6H14O.ClH/c1-3-5-7-6-4-2;/h3-6H2,1-2H3;1H. The predicted molar refractivity (Wildman–Crippen MR) is 38.6 cm³/mol. The van der Waals surface area contributed by atoms with E-state index >= 15 is 0 Å². The molecule has 8 heavy (non-hydrogen) atoms. The highest BCUT2D eigenvalue weighted by Crippen LogP contribution is 1.81. The Labute approximate surface area is 57.8 Å². The van der Waals surface area contributed by atoms with Crippen LogP contribution in [0.3, 0.4) is 0 Å². The first-order chi connectivity index (χ1) is 3.41. The Balaban J connectivity index is 0. The first-order valence-electron chi connectivity index (χ1n) is 2.99. The number of halogens is 1. The number of hydrogen-bond donors (Lipinski definition) is 0. The zero-order valence-electron chi connectivity index (χ0n) is 5.64. The van der Waals surface area contributed by atoms with E-state index in [1.165, 1.54) is 0 Å². The molecule has 0 saturated heterocycles. The molecule has 0 radical (unpaired) electrons. The van der Waals surface area contributed by atoms with Crippen LogP contribution in [0.2, 0.25) is 0 Å². The van der Waals surface area contributed by atoms with Crippen LogP contribution in [0.15, 0.2) is 0 Å². The summed E-state index contributed by atoms with van der Waals surface area (Å²) in [6.45, 7) is 6.09. The smallest absolute Gasteiger partial charge is 0.0463 e. The molecule has 0 aliphatic rings. The summed E-state index contributed by atoms with van der Waals surface area (Å²) >= 11 is 0. The molecule has 0 aliphatic carbocycles. The summed E-state index contributed by atoms with van der Waals surface area (Å²) < 4.78 is 5.13. The van der Waals surface area contributed by atoms with Crippen molar-refractivity contribution in [2.45, 2.75) is 26.7 Å². The van der Waals surface area contributed by atoms with E-state index < -0.39 is 0 Å². The van der Waals surface area contributed by atoms with E-state index in [-0.39, 0.29) is 12.4 Å². The summed E-state index contributed by atoms with van der Waals surface area (Å²) in [5, 5.41) is 0. The number of hydrogen-bond acceptors (Lipinski definition) is 1. The summed E-state index contributed by atoms with van der Waals surface area (Å²) in [4.78, 5) is 0. The molecule has 2 heteroatoms. The number of rotatable bonds is 4. The van der Waals surface area contributed by atoms with E-state index in [0.717, 1.165) is 26.1 Å². The van der Waals surface area contributed by atoms with Crippen molar-refractivity contribution in [3.8, 4) is 0 Å². The van der Waals surface area contributed by atoms with Gasteiger partial charge in [0, 0.05) is 13.2 Å². The highest BCUT2D eigenvalue weighted by atomic mass is 35.5. The van der Waals surface area contributed by atoms with Crippen LogP contribution in [-0.2, 0) is 4.74 Å². The van der Waals surface area contributed by atoms with Gasteiger partial charge in [0.15, 0.2) is 0 Å². The largest absolute Gasteiger partial charge is 0.381 e. The van der Waals surface area contributed by atoms with Crippen molar-refractivity contribution < 1.29 is 4.74 Å². The SMILES string of the molecule is CCCOCCC.Cl. The van der Waals surface area contributed by atoms with Crippen LogP contribution in [0.5, 0.6) is 0 Å². The van der Waals surface area contributed by atoms with Crippen molar-refractivity contribution in [2.24, 2.45) is 0 Å². The minimum atomic E-state index is 0. The van der Waals surface area contributed by atoms with Gasteiger partial charge in [-0.2, -0.15) is 0 Å². The van der Waals surface area contributed by atoms with Crippen LogP contribution in [0.4, 0.5) is 0 Å². The average molecular weight is 139 g/mol. The van der Waals surface area contributed by atoms with Crippen molar-refractivity contribution in [3.05, 3.63) is 0 Å². The second-order valence-corrected chi connectivity index (χ2v) is 1.61. The van der Waals surface area contributed by atoms with Crippen molar-refractivity contribution >= 4 is 12.4 Å². The molecule has 0 aromatic rings. The first-order valence-corrected chi connectivity index (χ1v) is 2.99. The molecule has 0 rings (SSSR count). The quantitative estimate of drug-likeness (QED) is 0.542. The Morgan fingerprint density at radius 2 is 1.38 bits per heavy atom. The molecule has 1 nitrogen and oxygen atoms in total. The van der Waals surface area contributed by atoms with E-state index in [2.05, 4.69) is 13.8 Å². The van der Waals surface area contributed by atoms with Gasteiger partial charge in [-0.15, -0.1) is 12.4 Å². The fourth-order valence-electron chi connectivity index (χ4n) is 0.391. The minimum absolute atomic E-state index is 0. The van der Waals surface area contributed by atoms with Gasteiger partial charge in [0.1, 0.15) is 0 Å². The lowest BCUT2D eigenvalue weighted by atomic mass is 10.5. The molecule has 0 bridgehead atoms. The molecule has 0 saturated carbocycles. The minimum Gasteiger partial charge on any atom is -0.381 e. The van der Waals surface area contributed by atoms with Gasteiger partial charge in [-0.1, -0.05) is 13.8 Å². The van der Waals surface area contributed by atoms with Crippen LogP contribution < -0.4 is 0 Å². The van der Waals surface area contributed by atoms with Crippen LogP contribution in [0, 0.1) is 0 Å². The Morgan fingerprint density at radius 3 is 1.62 bits per heavy atom. The van der Waals surface area contributed by atoms with Gasteiger partial charge in [-0.3, -0.25) is 0 Å². The van der Waals surface area contributed by atoms with E-state index in [4.69, 9.17) is 4.74 Å². The van der Waals surface area contributed by atoms with Gasteiger partial charge >= 0.3 is 0 Å². The molecule has 0 fully saturated rings. The molecule has 0 atom stereocenters. The Hall–Kier alpha value is 0.250. The van der Waals surface area contributed by atoms with Crippen molar-refractivity contribution in [2.75, 3.05) is 13.2 Å². The first kappa shape index (κ1) is 11.1. The fourth-order valence-corrected chi connectivity index (χ4v) is 0.391. The summed E-state index contributed by atoms with van der Waals surface area (Å²) in [7, 11) is 0. The zero-order valence-corrected chi connectivity index (χ0v) is 6.46. The summed E-state index contributed by atoms with van der Waals surface area (Å²) in [5.74, 6) is 0. The normalized spacial score (nSPS) is 8.25. The van der Waals surface area contributed by atoms with E-state index in [1.807, 2.05) is 0 Å². The lowest BCUT2D eigenvalue weighted by molar-refractivity contribution is 0.135. The maximum Gasteiger partial charge on any atom is 0.0463 e. The van der Waals surface area contributed by atoms with Gasteiger partial charge < -0.3 is 4.74 Å². The monoisotopic (exact) mass is 138 g/mol. The van der Waals surface area contributed by atoms with Gasteiger partial charge in [0.05, 0.1) is 0 Å². The van der Waals surface area contributed by atoms with E-state index in [9.17, 15) is 0 Å². The van der Waals surface area contributed by atoms with Crippen LogP contribution in [0.1, 0.15) is 26.7 Å². The molecular weight excluding hydrogens is 124 g/mol. The molecule has 0 aromatic heterocycles. The Morgan fingerprint density at radius 1 is 1.00 bits per heavy atom. The lowest BCUT2D eigenvalue weighted by Gasteiger charge is -1.95. The number of ether oxygens (including phenoxy) is 1. The Kier molecular flexibility index (Phi) is 14.3. The van der Waals surface area contributed by atoms with Crippen molar-refractivity contribution in [3.63, 3.8) is 0 Å². The maximum atomic E-state index is 5.13. The third kappa shape index (κ3) is 9.54. The summed E-state index contributed by atoms with van der Waals surface area (Å²) in [6.07, 6.45) is 2.28. The van der Waals surface area contributed by atoms with Gasteiger partial charge in [0.25, 0.3) is 0 Å². The molecular formula is C6H15ClO. The lowest BCUT2D eigenvalue weighted by Crippen LogP contribution is -1.92. The zero-order chi connectivity index (χ0) is 5.54. The second-order valence-electron chi connectivity index (χ2n) is 1.61. The molecule has 52 valence electrons. The predicted octanol–water partition coefficient (Wildman–Crippen LogP) is 2.24. The molecule has 0 amide bonds. The molecule has 0 unspecified atom stereocenters. The fraction of sp³-hybridized carbons (Fsp3) is 1.00. The topological polar surface area (TPSA) is 9.23 Å². The van der Waals surface area contributed by atoms with Crippen molar-refractivity contribution in [1.82, 2.24) is 0 Å². The second kappa shape index (κ2) is 10.3. The van der Waals surface area contributed by atoms with Crippen LogP contribution in [0.25, 0.3) is 0 Å². The third-order valence-corrected chi connectivity index (χ3v) is 0.697. The maximum absolute atomic E-state index is 5.13. The van der Waals surface area contributed by atoms with Crippen LogP contribution >= 0.6 is 12.4 Å². The van der Waals surface area contributed by atoms with Gasteiger partial charge in [0.2, 0.25) is 0 Å². The highest BCUT2D eigenvalue weighted by molar-refractivity contribution is 5.85. The van der Waals surface area contributed by atoms with E-state index in [1.54, 1.807) is 0 Å². The molecule has 0 N–H and O–H groups in total. The molecule has 0 aliphatic heterocycles. The highest BCUT2D eigenvalue weighted by Gasteiger charge is 1.77. The summed E-state index contributed by atoms with van der Waals surface area (Å²) in [6, 6.07) is 0. The third-order valence-electron chi connectivity index (χ3n) is 0.697. The Bertz CT molecular complexity index is 27.7. The van der Waals surface area contributed by atoms with Gasteiger partial charge in [-0.25, -0.2) is 0 Å². The van der Waals surface area contributed by atoms with Crippen LogP contribution in [-0.4, -0.2) is 13.2 Å². The molecule has 0 aromatic carbocycles. The average Bonchev–Trinajstić information content (AvgIpc) is 1.69. The summed E-state index contributed by atoms with van der Waals surface area (Å²) in [5.41, 5.74) is 0.